The highest BCUT2D eigenvalue weighted by Crippen LogP contribution is 2.52. The van der Waals surface area contributed by atoms with E-state index in [1.54, 1.807) is 12.3 Å². The molecule has 62 heavy (non-hydrogen) atoms. The number of thiazole rings is 1. The van der Waals surface area contributed by atoms with Gasteiger partial charge in [-0.15, -0.1) is 23.1 Å². The molecule has 0 saturated carbocycles. The molecule has 328 valence electrons. The van der Waals surface area contributed by atoms with Gasteiger partial charge in [0.25, 0.3) is 19.9 Å². The lowest BCUT2D eigenvalue weighted by Gasteiger charge is -2.46. The topological polar surface area (TPSA) is 164 Å². The minimum Gasteiger partial charge on any atom is -0.456 e. The Balaban J connectivity index is 1.02. The van der Waals surface area contributed by atoms with E-state index in [4.69, 9.17) is 14.1 Å². The number of esters is 1. The number of fused-ring (bicyclic) bond motifs is 1. The number of nitro groups is 1. The summed E-state index contributed by atoms with van der Waals surface area (Å²) in [6, 6.07) is 26.1. The van der Waals surface area contributed by atoms with Crippen molar-refractivity contribution in [2.75, 3.05) is 24.6 Å². The third-order valence-electron chi connectivity index (χ3n) is 12.0. The fourth-order valence-electron chi connectivity index (χ4n) is 8.95. The number of thioether (sulfide) groups is 1. The van der Waals surface area contributed by atoms with Crippen LogP contribution in [0.2, 0.25) is 5.04 Å². The smallest absolute Gasteiger partial charge is 0.356 e. The summed E-state index contributed by atoms with van der Waals surface area (Å²) >= 11 is 2.94. The molecule has 13 nitrogen and oxygen atoms in total. The van der Waals surface area contributed by atoms with Gasteiger partial charge in [-0.25, -0.2) is 9.78 Å². The number of hydrogen-bond acceptors (Lipinski definition) is 12. The Morgan fingerprint density at radius 2 is 1.63 bits per heavy atom. The third kappa shape index (κ3) is 8.98. The second-order valence-corrected chi connectivity index (χ2v) is 24.4. The number of nitro benzene ring substituents is 1. The fraction of sp³-hybridized carbons (Fsp3) is 0.435. The number of amides is 2. The van der Waals surface area contributed by atoms with Gasteiger partial charge in [-0.05, 0) is 52.4 Å². The van der Waals surface area contributed by atoms with Crippen molar-refractivity contribution in [3.05, 3.63) is 122 Å². The first-order valence-corrected chi connectivity index (χ1v) is 24.8. The molecule has 2 amide bonds. The average Bonchev–Trinajstić information content (AvgIpc) is 3.79. The molecule has 1 aromatic heterocycles. The molecule has 3 aliphatic rings. The zero-order valence-electron chi connectivity index (χ0n) is 36.1. The van der Waals surface area contributed by atoms with Gasteiger partial charge in [-0.3, -0.25) is 19.7 Å². The number of aliphatic hydroxyl groups is 1. The van der Waals surface area contributed by atoms with Crippen molar-refractivity contribution in [3.63, 3.8) is 0 Å². The van der Waals surface area contributed by atoms with Gasteiger partial charge in [0.1, 0.15) is 18.0 Å². The summed E-state index contributed by atoms with van der Waals surface area (Å²) in [6.07, 6.45) is -0.145. The van der Waals surface area contributed by atoms with E-state index < -0.39 is 31.2 Å². The molecule has 2 N–H and O–H groups in total. The number of nitrogens with zero attached hydrogens (tertiary/aromatic N) is 4. The van der Waals surface area contributed by atoms with Crippen molar-refractivity contribution < 1.29 is 33.6 Å². The SMILES string of the molecule is CC(C)C[C@@H](CO[Si](c1ccccc1)(c1ccccc1)C(C)(C)C)NC(=O)c1csc(N2CC(SC3=C(C(=O)OCc4ccc([N+](=O)[O-])cc4)N4C(=O)[C@H]([C@@H](C)O)[C@H]4[C@H]3C)C2)n1. The molecule has 0 spiro atoms. The largest absolute Gasteiger partial charge is 0.456 e. The highest BCUT2D eigenvalue weighted by molar-refractivity contribution is 8.03. The van der Waals surface area contributed by atoms with Crippen molar-refractivity contribution >= 4 is 70.4 Å². The van der Waals surface area contributed by atoms with Gasteiger partial charge in [-0.2, -0.15) is 0 Å². The number of benzene rings is 3. The standard InChI is InChI=1S/C46H55N5O8S2Si/c1-28(2)22-32(26-59-62(46(5,6)7,35-14-10-8-11-15-35)36-16-12-9-13-17-36)47-42(53)37-27-60-45(48-37)49-23-34(24-49)61-41-29(3)39-38(30(4)52)43(54)50(39)40(41)44(55)58-25-31-18-20-33(21-19-31)51(56)57/h8-21,27-30,32,34,38-39,52H,22-26H2,1-7H3,(H,47,53)/t29-,30-,32+,38-,39-/m1/s1. The Labute approximate surface area is 372 Å². The van der Waals surface area contributed by atoms with E-state index in [-0.39, 0.29) is 58.1 Å². The van der Waals surface area contributed by atoms with Gasteiger partial charge in [0.15, 0.2) is 5.13 Å². The predicted octanol–water partition coefficient (Wildman–Crippen LogP) is 6.51. The Kier molecular flexibility index (Phi) is 13.4. The minimum atomic E-state index is -2.83. The molecule has 0 aliphatic carbocycles. The van der Waals surface area contributed by atoms with Gasteiger partial charge in [-0.1, -0.05) is 102 Å². The summed E-state index contributed by atoms with van der Waals surface area (Å²) in [7, 11) is -2.83. The van der Waals surface area contributed by atoms with Crippen LogP contribution in [0.25, 0.3) is 0 Å². The van der Waals surface area contributed by atoms with Crippen LogP contribution in [0.1, 0.15) is 70.9 Å². The Hall–Kier alpha value is -4.87. The Morgan fingerprint density at radius 3 is 2.18 bits per heavy atom. The van der Waals surface area contributed by atoms with E-state index in [1.807, 2.05) is 19.1 Å². The summed E-state index contributed by atoms with van der Waals surface area (Å²) in [6.45, 7) is 16.0. The summed E-state index contributed by atoms with van der Waals surface area (Å²) in [5.41, 5.74) is 1.04. The van der Waals surface area contributed by atoms with Gasteiger partial charge in [0, 0.05) is 46.7 Å². The van der Waals surface area contributed by atoms with Crippen LogP contribution in [0.15, 0.2) is 101 Å². The highest BCUT2D eigenvalue weighted by Gasteiger charge is 2.60. The van der Waals surface area contributed by atoms with E-state index in [1.165, 1.54) is 62.6 Å². The van der Waals surface area contributed by atoms with E-state index in [9.17, 15) is 29.6 Å². The first-order chi connectivity index (χ1) is 29.5. The molecule has 2 saturated heterocycles. The van der Waals surface area contributed by atoms with E-state index in [0.29, 0.717) is 36.9 Å². The lowest BCUT2D eigenvalue weighted by atomic mass is 9.79. The molecule has 2 fully saturated rings. The zero-order valence-corrected chi connectivity index (χ0v) is 38.8. The van der Waals surface area contributed by atoms with Crippen LogP contribution in [0.4, 0.5) is 10.8 Å². The van der Waals surface area contributed by atoms with Gasteiger partial charge in [0.2, 0.25) is 5.91 Å². The zero-order chi connectivity index (χ0) is 44.5. The maximum absolute atomic E-state index is 13.9. The number of carbonyl (C=O) groups is 3. The molecular formula is C46H55N5O8S2Si. The molecular weight excluding hydrogens is 843 g/mol. The number of rotatable bonds is 17. The normalized spacial score (nSPS) is 20.1. The molecule has 16 heteroatoms. The molecule has 0 bridgehead atoms. The number of nitrogens with one attached hydrogen (secondary N) is 1. The number of non-ortho nitro benzene ring substituents is 1. The molecule has 4 aromatic rings. The van der Waals surface area contributed by atoms with E-state index >= 15 is 0 Å². The Morgan fingerprint density at radius 1 is 1.02 bits per heavy atom. The molecule has 3 aromatic carbocycles. The molecule has 3 aliphatic heterocycles. The van der Waals surface area contributed by atoms with Crippen LogP contribution in [0.3, 0.4) is 0 Å². The average molecular weight is 898 g/mol. The third-order valence-corrected chi connectivity index (χ3v) is 19.3. The number of ether oxygens (including phenoxy) is 1. The van der Waals surface area contributed by atoms with Crippen molar-refractivity contribution in [2.45, 2.75) is 90.0 Å². The van der Waals surface area contributed by atoms with Crippen molar-refractivity contribution in [2.24, 2.45) is 17.8 Å². The minimum absolute atomic E-state index is 0.0685. The van der Waals surface area contributed by atoms with Crippen LogP contribution in [-0.2, 0) is 25.4 Å². The molecule has 4 heterocycles. The van der Waals surface area contributed by atoms with Gasteiger partial charge >= 0.3 is 5.97 Å². The fourth-order valence-corrected chi connectivity index (χ4v) is 15.9. The van der Waals surface area contributed by atoms with Crippen molar-refractivity contribution in [3.8, 4) is 0 Å². The number of hydrogen-bond donors (Lipinski definition) is 2. The lowest BCUT2D eigenvalue weighted by molar-refractivity contribution is -0.384. The lowest BCUT2D eigenvalue weighted by Crippen LogP contribution is -2.67. The molecule has 5 atom stereocenters. The van der Waals surface area contributed by atoms with Crippen LogP contribution < -0.4 is 20.6 Å². The summed E-state index contributed by atoms with van der Waals surface area (Å²) in [5, 5.41) is 29.5. The number of aromatic nitrogens is 1. The van der Waals surface area contributed by atoms with Crippen molar-refractivity contribution in [1.82, 2.24) is 15.2 Å². The number of aliphatic hydroxyl groups excluding tert-OH is 1. The Bertz CT molecular complexity index is 2250. The van der Waals surface area contributed by atoms with Crippen molar-refractivity contribution in [1.29, 1.82) is 0 Å². The van der Waals surface area contributed by atoms with Gasteiger partial charge in [0.05, 0.1) is 35.6 Å². The van der Waals surface area contributed by atoms with E-state index in [2.05, 4.69) is 93.4 Å². The predicted molar refractivity (Wildman–Crippen MR) is 245 cm³/mol. The number of anilines is 1. The summed E-state index contributed by atoms with van der Waals surface area (Å²) in [5.74, 6) is -1.74. The molecule has 7 rings (SSSR count). The van der Waals surface area contributed by atoms with E-state index in [0.717, 1.165) is 16.5 Å². The molecule has 0 unspecified atom stereocenters. The maximum Gasteiger partial charge on any atom is 0.356 e. The second kappa shape index (κ2) is 18.5. The monoisotopic (exact) mass is 897 g/mol. The highest BCUT2D eigenvalue weighted by atomic mass is 32.2. The maximum atomic E-state index is 13.9. The number of carbonyl (C=O) groups excluding carboxylic acids is 3. The first-order valence-electron chi connectivity index (χ1n) is 21.1. The summed E-state index contributed by atoms with van der Waals surface area (Å²) < 4.78 is 12.9. The quantitative estimate of drug-likeness (QED) is 0.0391. The van der Waals surface area contributed by atoms with Crippen LogP contribution >= 0.6 is 23.1 Å². The van der Waals surface area contributed by atoms with Gasteiger partial charge < -0.3 is 29.4 Å². The second-order valence-electron chi connectivity index (χ2n) is 17.9. The molecule has 0 radical (unpaired) electrons. The number of β-lactam (4-membered cyclic amide) rings is 1. The van der Waals surface area contributed by atoms with Crippen LogP contribution in [0.5, 0.6) is 0 Å². The first kappa shape index (κ1) is 45.2. The summed E-state index contributed by atoms with van der Waals surface area (Å²) in [4.78, 5) is 60.5. The van der Waals surface area contributed by atoms with Crippen LogP contribution in [-0.4, -0.2) is 89.1 Å². The van der Waals surface area contributed by atoms with Crippen LogP contribution in [0, 0.1) is 27.9 Å².